The molecule has 3 rings (SSSR count). The Morgan fingerprint density at radius 1 is 1.16 bits per heavy atom. The SMILES string of the molecule is N#Cc1ccc(CNCC(c2cccc(F)c2)N2CCOCC2)cc1. The Labute approximate surface area is 147 Å². The quantitative estimate of drug-likeness (QED) is 0.879. The first-order valence-corrected chi connectivity index (χ1v) is 8.53. The van der Waals surface area contributed by atoms with E-state index in [1.165, 1.54) is 6.07 Å². The topological polar surface area (TPSA) is 48.3 Å². The number of benzene rings is 2. The first kappa shape index (κ1) is 17.6. The molecule has 0 aromatic heterocycles. The van der Waals surface area contributed by atoms with Crippen LogP contribution in [-0.2, 0) is 11.3 Å². The lowest BCUT2D eigenvalue weighted by atomic mass is 10.0. The first-order valence-electron chi connectivity index (χ1n) is 8.53. The highest BCUT2D eigenvalue weighted by atomic mass is 19.1. The summed E-state index contributed by atoms with van der Waals surface area (Å²) in [6.45, 7) is 4.55. The summed E-state index contributed by atoms with van der Waals surface area (Å²) < 4.78 is 19.1. The number of hydrogen-bond acceptors (Lipinski definition) is 4. The van der Waals surface area contributed by atoms with Crippen molar-refractivity contribution in [2.24, 2.45) is 0 Å². The second kappa shape index (κ2) is 8.72. The van der Waals surface area contributed by atoms with Crippen LogP contribution in [0.25, 0.3) is 0 Å². The van der Waals surface area contributed by atoms with E-state index in [-0.39, 0.29) is 11.9 Å². The number of hydrogen-bond donors (Lipinski definition) is 1. The zero-order valence-electron chi connectivity index (χ0n) is 14.1. The van der Waals surface area contributed by atoms with Gasteiger partial charge in [-0.3, -0.25) is 4.90 Å². The van der Waals surface area contributed by atoms with Crippen molar-refractivity contribution in [3.63, 3.8) is 0 Å². The Bertz CT molecular complexity index is 720. The van der Waals surface area contributed by atoms with Gasteiger partial charge in [0.2, 0.25) is 0 Å². The molecule has 1 aliphatic rings. The highest BCUT2D eigenvalue weighted by Gasteiger charge is 2.22. The second-order valence-electron chi connectivity index (χ2n) is 6.16. The van der Waals surface area contributed by atoms with E-state index in [0.29, 0.717) is 25.3 Å². The maximum absolute atomic E-state index is 13.7. The van der Waals surface area contributed by atoms with Crippen LogP contribution >= 0.6 is 0 Å². The minimum absolute atomic E-state index is 0.109. The third-order valence-electron chi connectivity index (χ3n) is 4.47. The van der Waals surface area contributed by atoms with Gasteiger partial charge < -0.3 is 10.1 Å². The normalized spacial score (nSPS) is 16.3. The Kier molecular flexibility index (Phi) is 6.13. The molecule has 1 unspecified atom stereocenters. The maximum atomic E-state index is 13.7. The van der Waals surface area contributed by atoms with Crippen molar-refractivity contribution in [2.75, 3.05) is 32.8 Å². The Morgan fingerprint density at radius 3 is 2.60 bits per heavy atom. The van der Waals surface area contributed by atoms with E-state index in [1.54, 1.807) is 12.1 Å². The van der Waals surface area contributed by atoms with E-state index in [9.17, 15) is 4.39 Å². The summed E-state index contributed by atoms with van der Waals surface area (Å²) in [4.78, 5) is 2.34. The van der Waals surface area contributed by atoms with Crippen molar-refractivity contribution in [1.82, 2.24) is 10.2 Å². The molecule has 2 aromatic rings. The van der Waals surface area contributed by atoms with Crippen LogP contribution in [-0.4, -0.2) is 37.7 Å². The Morgan fingerprint density at radius 2 is 1.92 bits per heavy atom. The van der Waals surface area contributed by atoms with Gasteiger partial charge in [0.05, 0.1) is 24.8 Å². The third-order valence-corrected chi connectivity index (χ3v) is 4.47. The molecule has 1 atom stereocenters. The van der Waals surface area contributed by atoms with Gasteiger partial charge in [0.1, 0.15) is 5.82 Å². The van der Waals surface area contributed by atoms with E-state index in [1.807, 2.05) is 30.3 Å². The number of rotatable bonds is 6. The molecule has 0 amide bonds. The van der Waals surface area contributed by atoms with Gasteiger partial charge in [-0.1, -0.05) is 24.3 Å². The van der Waals surface area contributed by atoms with Crippen LogP contribution in [0.4, 0.5) is 4.39 Å². The van der Waals surface area contributed by atoms with Crippen molar-refractivity contribution in [1.29, 1.82) is 5.26 Å². The zero-order valence-corrected chi connectivity index (χ0v) is 14.1. The number of nitrogens with zero attached hydrogens (tertiary/aromatic N) is 2. The smallest absolute Gasteiger partial charge is 0.123 e. The van der Waals surface area contributed by atoms with Crippen molar-refractivity contribution in [3.05, 3.63) is 71.0 Å². The molecule has 0 aliphatic carbocycles. The van der Waals surface area contributed by atoms with Crippen LogP contribution in [0, 0.1) is 17.1 Å². The maximum Gasteiger partial charge on any atom is 0.123 e. The molecule has 1 saturated heterocycles. The second-order valence-corrected chi connectivity index (χ2v) is 6.16. The number of ether oxygens (including phenoxy) is 1. The lowest BCUT2D eigenvalue weighted by Gasteiger charge is -2.35. The molecular weight excluding hydrogens is 317 g/mol. The predicted molar refractivity (Wildman–Crippen MR) is 94.4 cm³/mol. The molecule has 0 spiro atoms. The van der Waals surface area contributed by atoms with E-state index in [0.717, 1.165) is 30.8 Å². The van der Waals surface area contributed by atoms with Crippen LogP contribution in [0.2, 0.25) is 0 Å². The highest BCUT2D eigenvalue weighted by molar-refractivity contribution is 5.31. The minimum Gasteiger partial charge on any atom is -0.379 e. The zero-order chi connectivity index (χ0) is 17.5. The fraction of sp³-hybridized carbons (Fsp3) is 0.350. The molecule has 0 bridgehead atoms. The first-order chi connectivity index (χ1) is 12.3. The van der Waals surface area contributed by atoms with Gasteiger partial charge in [0, 0.05) is 32.2 Å². The lowest BCUT2D eigenvalue weighted by Crippen LogP contribution is -2.42. The van der Waals surface area contributed by atoms with Crippen molar-refractivity contribution >= 4 is 0 Å². The van der Waals surface area contributed by atoms with E-state index in [4.69, 9.17) is 10.00 Å². The summed E-state index contributed by atoms with van der Waals surface area (Å²) in [7, 11) is 0. The van der Waals surface area contributed by atoms with Gasteiger partial charge in [-0.15, -0.1) is 0 Å². The average molecular weight is 339 g/mol. The van der Waals surface area contributed by atoms with Gasteiger partial charge in [0.15, 0.2) is 0 Å². The molecule has 1 heterocycles. The van der Waals surface area contributed by atoms with E-state index < -0.39 is 0 Å². The number of nitriles is 1. The fourth-order valence-electron chi connectivity index (χ4n) is 3.11. The summed E-state index contributed by atoms with van der Waals surface area (Å²) in [5.74, 6) is -0.206. The molecule has 130 valence electrons. The van der Waals surface area contributed by atoms with Gasteiger partial charge >= 0.3 is 0 Å². The number of halogens is 1. The number of morpholine rings is 1. The van der Waals surface area contributed by atoms with Gasteiger partial charge in [-0.2, -0.15) is 5.26 Å². The molecule has 2 aromatic carbocycles. The average Bonchev–Trinajstić information content (AvgIpc) is 2.66. The van der Waals surface area contributed by atoms with Crippen molar-refractivity contribution in [2.45, 2.75) is 12.6 Å². The lowest BCUT2D eigenvalue weighted by molar-refractivity contribution is 0.0160. The van der Waals surface area contributed by atoms with Crippen LogP contribution in [0.3, 0.4) is 0 Å². The third kappa shape index (κ3) is 4.86. The fourth-order valence-corrected chi connectivity index (χ4v) is 3.11. The Hall–Kier alpha value is -2.26. The Balaban J connectivity index is 1.65. The molecule has 1 N–H and O–H groups in total. The highest BCUT2D eigenvalue weighted by Crippen LogP contribution is 2.22. The van der Waals surface area contributed by atoms with Crippen molar-refractivity contribution < 1.29 is 9.13 Å². The monoisotopic (exact) mass is 339 g/mol. The van der Waals surface area contributed by atoms with Crippen LogP contribution in [0.5, 0.6) is 0 Å². The standard InChI is InChI=1S/C20H22FN3O/c21-19-3-1-2-18(12-19)20(24-8-10-25-11-9-24)15-23-14-17-6-4-16(13-22)5-7-17/h1-7,12,20,23H,8-11,14-15H2. The van der Waals surface area contributed by atoms with Crippen LogP contribution in [0.15, 0.2) is 48.5 Å². The number of nitrogens with one attached hydrogen (secondary N) is 1. The summed E-state index contributed by atoms with van der Waals surface area (Å²) in [6.07, 6.45) is 0. The summed E-state index contributed by atoms with van der Waals surface area (Å²) in [6, 6.07) is 16.6. The molecule has 0 saturated carbocycles. The molecule has 1 aliphatic heterocycles. The molecule has 4 nitrogen and oxygen atoms in total. The van der Waals surface area contributed by atoms with Crippen molar-refractivity contribution in [3.8, 4) is 6.07 Å². The van der Waals surface area contributed by atoms with E-state index >= 15 is 0 Å². The molecule has 25 heavy (non-hydrogen) atoms. The van der Waals surface area contributed by atoms with Gasteiger partial charge in [-0.25, -0.2) is 4.39 Å². The molecule has 1 fully saturated rings. The van der Waals surface area contributed by atoms with Gasteiger partial charge in [-0.05, 0) is 35.4 Å². The summed E-state index contributed by atoms with van der Waals surface area (Å²) in [5.41, 5.74) is 2.77. The largest absolute Gasteiger partial charge is 0.379 e. The molecule has 5 heteroatoms. The predicted octanol–water partition coefficient (Wildman–Crippen LogP) is 2.86. The van der Waals surface area contributed by atoms with Crippen LogP contribution in [0.1, 0.15) is 22.7 Å². The van der Waals surface area contributed by atoms with E-state index in [2.05, 4.69) is 16.3 Å². The van der Waals surface area contributed by atoms with Gasteiger partial charge in [0.25, 0.3) is 0 Å². The molecule has 0 radical (unpaired) electrons. The molecular formula is C20H22FN3O. The minimum atomic E-state index is -0.206. The summed E-state index contributed by atoms with van der Waals surface area (Å²) >= 11 is 0. The summed E-state index contributed by atoms with van der Waals surface area (Å²) in [5, 5.41) is 12.3. The van der Waals surface area contributed by atoms with Crippen LogP contribution < -0.4 is 5.32 Å².